The molecule has 1 saturated heterocycles. The summed E-state index contributed by atoms with van der Waals surface area (Å²) < 4.78 is 5.61. The molecule has 0 spiro atoms. The number of hydrogen-bond donors (Lipinski definition) is 0. The number of amides is 2. The number of aromatic nitrogens is 1. The molecular formula is C19H29N3O3. The lowest BCUT2D eigenvalue weighted by molar-refractivity contribution is -0.118. The predicted octanol–water partition coefficient (Wildman–Crippen LogP) is 3.91. The third-order valence-electron chi connectivity index (χ3n) is 4.46. The molecule has 1 fully saturated rings. The fraction of sp³-hybridized carbons (Fsp3) is 0.632. The highest BCUT2D eigenvalue weighted by Gasteiger charge is 2.33. The molecule has 2 heterocycles. The number of rotatable bonds is 5. The van der Waals surface area contributed by atoms with Gasteiger partial charge in [0, 0.05) is 24.3 Å². The molecule has 2 rings (SSSR count). The van der Waals surface area contributed by atoms with Gasteiger partial charge in [0.1, 0.15) is 11.4 Å². The van der Waals surface area contributed by atoms with Crippen LogP contribution in [-0.4, -0.2) is 40.6 Å². The first-order valence-electron chi connectivity index (χ1n) is 8.96. The number of hydrogen-bond acceptors (Lipinski definition) is 4. The van der Waals surface area contributed by atoms with E-state index in [1.165, 1.54) is 0 Å². The first-order valence-corrected chi connectivity index (χ1v) is 8.96. The van der Waals surface area contributed by atoms with Gasteiger partial charge in [-0.2, -0.15) is 0 Å². The Balaban J connectivity index is 2.44. The molecule has 25 heavy (non-hydrogen) atoms. The predicted molar refractivity (Wildman–Crippen MR) is 97.4 cm³/mol. The standard InChI is InChI=1S/C19H29N3O3/c1-6-14(2)22(18(24)25-19(3,4)5)17-15(9-7-11-20-17)16-10-8-12-21(16)13-23/h7,9,11,13-14,16H,6,8,10,12H2,1-5H3/t14-,16+/m1/s1. The average Bonchev–Trinajstić information content (AvgIpc) is 3.02. The Morgan fingerprint density at radius 2 is 2.24 bits per heavy atom. The number of nitrogens with zero attached hydrogens (tertiary/aromatic N) is 3. The van der Waals surface area contributed by atoms with Crippen LogP contribution in [-0.2, 0) is 9.53 Å². The normalized spacial score (nSPS) is 18.8. The molecule has 2 atom stereocenters. The van der Waals surface area contributed by atoms with Crippen molar-refractivity contribution in [1.82, 2.24) is 9.88 Å². The van der Waals surface area contributed by atoms with Crippen molar-refractivity contribution >= 4 is 18.3 Å². The fourth-order valence-corrected chi connectivity index (χ4v) is 3.09. The van der Waals surface area contributed by atoms with E-state index in [1.54, 1.807) is 16.0 Å². The second-order valence-electron chi connectivity index (χ2n) is 7.53. The van der Waals surface area contributed by atoms with Gasteiger partial charge in [-0.3, -0.25) is 9.69 Å². The zero-order valence-electron chi connectivity index (χ0n) is 15.9. The van der Waals surface area contributed by atoms with Gasteiger partial charge in [-0.1, -0.05) is 13.0 Å². The van der Waals surface area contributed by atoms with Crippen LogP contribution in [0, 0.1) is 0 Å². The summed E-state index contributed by atoms with van der Waals surface area (Å²) in [5.74, 6) is 0.588. The van der Waals surface area contributed by atoms with Crippen molar-refractivity contribution < 1.29 is 14.3 Å². The van der Waals surface area contributed by atoms with Crippen LogP contribution in [0.2, 0.25) is 0 Å². The van der Waals surface area contributed by atoms with Crippen LogP contribution in [0.3, 0.4) is 0 Å². The van der Waals surface area contributed by atoms with Crippen molar-refractivity contribution in [1.29, 1.82) is 0 Å². The minimum Gasteiger partial charge on any atom is -0.443 e. The topological polar surface area (TPSA) is 62.7 Å². The molecule has 0 aromatic carbocycles. The van der Waals surface area contributed by atoms with Gasteiger partial charge in [0.05, 0.1) is 6.04 Å². The van der Waals surface area contributed by atoms with E-state index in [0.717, 1.165) is 37.8 Å². The van der Waals surface area contributed by atoms with E-state index in [1.807, 2.05) is 46.8 Å². The largest absolute Gasteiger partial charge is 0.443 e. The van der Waals surface area contributed by atoms with E-state index >= 15 is 0 Å². The lowest BCUT2D eigenvalue weighted by Gasteiger charge is -2.33. The van der Waals surface area contributed by atoms with Crippen molar-refractivity contribution in [3.8, 4) is 0 Å². The maximum atomic E-state index is 12.9. The van der Waals surface area contributed by atoms with Crippen LogP contribution >= 0.6 is 0 Å². The molecule has 1 aliphatic heterocycles. The molecule has 0 aliphatic carbocycles. The molecular weight excluding hydrogens is 318 g/mol. The summed E-state index contributed by atoms with van der Waals surface area (Å²) in [5, 5.41) is 0. The van der Waals surface area contributed by atoms with Crippen LogP contribution in [0.5, 0.6) is 0 Å². The summed E-state index contributed by atoms with van der Waals surface area (Å²) in [7, 11) is 0. The van der Waals surface area contributed by atoms with Crippen LogP contribution in [0.15, 0.2) is 18.3 Å². The Kier molecular flexibility index (Phi) is 6.03. The highest BCUT2D eigenvalue weighted by atomic mass is 16.6. The van der Waals surface area contributed by atoms with Crippen LogP contribution in [0.4, 0.5) is 10.6 Å². The molecule has 1 aromatic heterocycles. The summed E-state index contributed by atoms with van der Waals surface area (Å²) in [6.07, 6.45) is 4.76. The van der Waals surface area contributed by atoms with E-state index < -0.39 is 11.7 Å². The molecule has 0 bridgehead atoms. The molecule has 0 saturated carbocycles. The number of anilines is 1. The Bertz CT molecular complexity index is 612. The van der Waals surface area contributed by atoms with Gasteiger partial charge in [-0.15, -0.1) is 0 Å². The Morgan fingerprint density at radius 1 is 1.52 bits per heavy atom. The third-order valence-corrected chi connectivity index (χ3v) is 4.46. The summed E-state index contributed by atoms with van der Waals surface area (Å²) >= 11 is 0. The van der Waals surface area contributed by atoms with Crippen molar-refractivity contribution in [2.24, 2.45) is 0 Å². The Labute approximate surface area is 150 Å². The molecule has 6 heteroatoms. The molecule has 0 unspecified atom stereocenters. The van der Waals surface area contributed by atoms with E-state index in [9.17, 15) is 9.59 Å². The SMILES string of the molecule is CC[C@@H](C)N(C(=O)OC(C)(C)C)c1ncccc1[C@@H]1CCCN1C=O. The van der Waals surface area contributed by atoms with Crippen LogP contribution in [0.1, 0.15) is 65.5 Å². The Hall–Kier alpha value is -2.11. The summed E-state index contributed by atoms with van der Waals surface area (Å²) in [6, 6.07) is 3.70. The second kappa shape index (κ2) is 7.85. The highest BCUT2D eigenvalue weighted by Crippen LogP contribution is 2.36. The minimum atomic E-state index is -0.583. The first kappa shape index (κ1) is 19.2. The molecule has 2 amide bonds. The molecule has 6 nitrogen and oxygen atoms in total. The van der Waals surface area contributed by atoms with Gasteiger partial charge in [0.25, 0.3) is 0 Å². The van der Waals surface area contributed by atoms with Gasteiger partial charge in [-0.25, -0.2) is 9.78 Å². The number of likely N-dealkylation sites (tertiary alicyclic amines) is 1. The molecule has 1 aromatic rings. The number of pyridine rings is 1. The zero-order valence-corrected chi connectivity index (χ0v) is 15.9. The maximum Gasteiger partial charge on any atom is 0.416 e. The van der Waals surface area contributed by atoms with Crippen LogP contribution in [0.25, 0.3) is 0 Å². The van der Waals surface area contributed by atoms with Crippen molar-refractivity contribution in [3.63, 3.8) is 0 Å². The van der Waals surface area contributed by atoms with Gasteiger partial charge in [0.2, 0.25) is 6.41 Å². The number of ether oxygens (including phenoxy) is 1. The molecule has 138 valence electrons. The van der Waals surface area contributed by atoms with Crippen molar-refractivity contribution in [2.45, 2.75) is 71.6 Å². The highest BCUT2D eigenvalue weighted by molar-refractivity contribution is 5.88. The number of carbonyl (C=O) groups excluding carboxylic acids is 2. The van der Waals surface area contributed by atoms with Crippen LogP contribution < -0.4 is 4.90 Å². The van der Waals surface area contributed by atoms with E-state index in [-0.39, 0.29) is 12.1 Å². The maximum absolute atomic E-state index is 12.9. The fourth-order valence-electron chi connectivity index (χ4n) is 3.09. The quantitative estimate of drug-likeness (QED) is 0.758. The van der Waals surface area contributed by atoms with Gasteiger partial charge in [0.15, 0.2) is 0 Å². The number of carbonyl (C=O) groups is 2. The van der Waals surface area contributed by atoms with Gasteiger partial charge in [-0.05, 0) is 53.0 Å². The second-order valence-corrected chi connectivity index (χ2v) is 7.53. The van der Waals surface area contributed by atoms with E-state index in [4.69, 9.17) is 4.74 Å². The van der Waals surface area contributed by atoms with Crippen molar-refractivity contribution in [2.75, 3.05) is 11.4 Å². The smallest absolute Gasteiger partial charge is 0.416 e. The third kappa shape index (κ3) is 4.50. The summed E-state index contributed by atoms with van der Waals surface area (Å²) in [5.41, 5.74) is 0.318. The lowest BCUT2D eigenvalue weighted by atomic mass is 10.0. The first-order chi connectivity index (χ1) is 11.8. The Morgan fingerprint density at radius 3 is 2.84 bits per heavy atom. The average molecular weight is 347 g/mol. The lowest BCUT2D eigenvalue weighted by Crippen LogP contribution is -2.43. The molecule has 0 radical (unpaired) electrons. The van der Waals surface area contributed by atoms with Gasteiger partial charge < -0.3 is 9.64 Å². The van der Waals surface area contributed by atoms with Gasteiger partial charge >= 0.3 is 6.09 Å². The minimum absolute atomic E-state index is 0.0461. The van der Waals surface area contributed by atoms with E-state index in [2.05, 4.69) is 4.98 Å². The molecule has 1 aliphatic rings. The van der Waals surface area contributed by atoms with E-state index in [0.29, 0.717) is 5.82 Å². The summed E-state index contributed by atoms with van der Waals surface area (Å²) in [6.45, 7) is 10.3. The summed E-state index contributed by atoms with van der Waals surface area (Å²) in [4.78, 5) is 32.1. The zero-order chi connectivity index (χ0) is 18.6. The van der Waals surface area contributed by atoms with Crippen molar-refractivity contribution in [3.05, 3.63) is 23.9 Å². The monoisotopic (exact) mass is 347 g/mol. The molecule has 0 N–H and O–H groups in total.